The summed E-state index contributed by atoms with van der Waals surface area (Å²) in [5.74, 6) is 0.840. The van der Waals surface area contributed by atoms with Crippen LogP contribution in [0.5, 0.6) is 0 Å². The van der Waals surface area contributed by atoms with Crippen molar-refractivity contribution in [3.05, 3.63) is 57.8 Å². The van der Waals surface area contributed by atoms with Crippen molar-refractivity contribution in [1.82, 2.24) is 14.9 Å². The molecule has 3 heterocycles. The predicted molar refractivity (Wildman–Crippen MR) is 127 cm³/mol. The van der Waals surface area contributed by atoms with Crippen molar-refractivity contribution in [2.45, 2.75) is 12.1 Å². The number of β-amino-alcohol motifs (C(OH)–C–C–N with tert-alkyl or cyclic N) is 1. The summed E-state index contributed by atoms with van der Waals surface area (Å²) in [5, 5.41) is 13.6. The first-order chi connectivity index (χ1) is 15.0. The minimum absolute atomic E-state index is 0.0503. The molecule has 2 fully saturated rings. The van der Waals surface area contributed by atoms with E-state index in [1.165, 1.54) is 0 Å². The highest BCUT2D eigenvalue weighted by Crippen LogP contribution is 2.34. The zero-order chi connectivity index (χ0) is 21.5. The van der Waals surface area contributed by atoms with E-state index in [0.717, 1.165) is 48.6 Å². The van der Waals surface area contributed by atoms with Crippen molar-refractivity contribution in [2.75, 3.05) is 49.1 Å². The first kappa shape index (κ1) is 21.0. The van der Waals surface area contributed by atoms with Crippen LogP contribution in [-0.2, 0) is 0 Å². The van der Waals surface area contributed by atoms with Gasteiger partial charge in [-0.25, -0.2) is 9.97 Å². The van der Waals surface area contributed by atoms with Crippen LogP contribution in [0.15, 0.2) is 42.7 Å². The fraction of sp³-hybridized carbons (Fsp3) is 0.364. The summed E-state index contributed by atoms with van der Waals surface area (Å²) in [4.78, 5) is 15.6. The van der Waals surface area contributed by atoms with Gasteiger partial charge in [0, 0.05) is 49.7 Å². The molecule has 1 aromatic heterocycles. The molecule has 2 atom stereocenters. The fourth-order valence-corrected chi connectivity index (χ4v) is 5.18. The van der Waals surface area contributed by atoms with E-state index in [0.29, 0.717) is 28.2 Å². The highest BCUT2D eigenvalue weighted by Gasteiger charge is 2.38. The van der Waals surface area contributed by atoms with Crippen LogP contribution in [0.4, 0.5) is 11.5 Å². The highest BCUT2D eigenvalue weighted by molar-refractivity contribution is 6.43. The third-order valence-corrected chi connectivity index (χ3v) is 7.24. The number of hydrogen-bond donors (Lipinski definition) is 1. The summed E-state index contributed by atoms with van der Waals surface area (Å²) in [6.07, 6.45) is 1.11. The second-order valence-electron chi connectivity index (χ2n) is 7.99. The van der Waals surface area contributed by atoms with Crippen LogP contribution in [0.1, 0.15) is 0 Å². The maximum atomic E-state index is 10.9. The molecular weight excluding hydrogens is 457 g/mol. The number of benzene rings is 2. The molecule has 0 spiro atoms. The molecule has 9 heteroatoms. The van der Waals surface area contributed by atoms with Gasteiger partial charge in [0.2, 0.25) is 0 Å². The molecule has 0 bridgehead atoms. The van der Waals surface area contributed by atoms with E-state index in [4.69, 9.17) is 34.8 Å². The number of aliphatic hydroxyl groups is 1. The van der Waals surface area contributed by atoms with Crippen molar-refractivity contribution >= 4 is 57.2 Å². The fourth-order valence-electron chi connectivity index (χ4n) is 4.60. The maximum Gasteiger partial charge on any atom is 0.140 e. The SMILES string of the molecule is OC1CN(c2ncnc3cc(Cl)ccc23)CC1N1CCN(c2cccc(Cl)c2Cl)CC1. The quantitative estimate of drug-likeness (QED) is 0.615. The Morgan fingerprint density at radius 3 is 2.52 bits per heavy atom. The number of nitrogens with zero attached hydrogens (tertiary/aromatic N) is 5. The summed E-state index contributed by atoms with van der Waals surface area (Å²) >= 11 is 18.7. The van der Waals surface area contributed by atoms with Gasteiger partial charge in [-0.3, -0.25) is 4.90 Å². The number of piperazine rings is 1. The van der Waals surface area contributed by atoms with Gasteiger partial charge in [0.25, 0.3) is 0 Å². The second kappa shape index (κ2) is 8.60. The van der Waals surface area contributed by atoms with Crippen LogP contribution in [0, 0.1) is 0 Å². The molecule has 0 amide bonds. The number of halogens is 3. The number of rotatable bonds is 3. The van der Waals surface area contributed by atoms with E-state index in [1.54, 1.807) is 12.4 Å². The Morgan fingerprint density at radius 1 is 0.903 bits per heavy atom. The Bertz CT molecular complexity index is 1110. The topological polar surface area (TPSA) is 55.7 Å². The number of aromatic nitrogens is 2. The zero-order valence-electron chi connectivity index (χ0n) is 16.8. The van der Waals surface area contributed by atoms with Crippen molar-refractivity contribution in [2.24, 2.45) is 0 Å². The van der Waals surface area contributed by atoms with E-state index in [1.807, 2.05) is 30.3 Å². The first-order valence-corrected chi connectivity index (χ1v) is 11.4. The van der Waals surface area contributed by atoms with Crippen LogP contribution in [0.25, 0.3) is 10.9 Å². The van der Waals surface area contributed by atoms with Crippen LogP contribution in [-0.4, -0.2) is 71.4 Å². The van der Waals surface area contributed by atoms with E-state index in [9.17, 15) is 5.11 Å². The van der Waals surface area contributed by atoms with Gasteiger partial charge in [-0.15, -0.1) is 0 Å². The number of anilines is 2. The number of fused-ring (bicyclic) bond motifs is 1. The second-order valence-corrected chi connectivity index (χ2v) is 9.22. The smallest absolute Gasteiger partial charge is 0.140 e. The monoisotopic (exact) mass is 477 g/mol. The van der Waals surface area contributed by atoms with Crippen molar-refractivity contribution < 1.29 is 5.11 Å². The van der Waals surface area contributed by atoms with Gasteiger partial charge < -0.3 is 14.9 Å². The average molecular weight is 479 g/mol. The van der Waals surface area contributed by atoms with Gasteiger partial charge in [-0.05, 0) is 30.3 Å². The third kappa shape index (κ3) is 4.03. The molecule has 31 heavy (non-hydrogen) atoms. The van der Waals surface area contributed by atoms with Gasteiger partial charge in [0.1, 0.15) is 12.1 Å². The van der Waals surface area contributed by atoms with E-state index in [-0.39, 0.29) is 6.04 Å². The Kier molecular flexibility index (Phi) is 5.84. The molecule has 162 valence electrons. The minimum Gasteiger partial charge on any atom is -0.390 e. The lowest BCUT2D eigenvalue weighted by atomic mass is 10.1. The normalized spacial score (nSPS) is 22.5. The van der Waals surface area contributed by atoms with Gasteiger partial charge in [0.15, 0.2) is 0 Å². The number of aliphatic hydroxyl groups excluding tert-OH is 1. The highest BCUT2D eigenvalue weighted by atomic mass is 35.5. The van der Waals surface area contributed by atoms with Crippen molar-refractivity contribution in [1.29, 1.82) is 0 Å². The first-order valence-electron chi connectivity index (χ1n) is 10.3. The van der Waals surface area contributed by atoms with Crippen molar-refractivity contribution in [3.63, 3.8) is 0 Å². The van der Waals surface area contributed by atoms with Gasteiger partial charge in [0.05, 0.1) is 33.4 Å². The molecule has 2 saturated heterocycles. The van der Waals surface area contributed by atoms with E-state index >= 15 is 0 Å². The summed E-state index contributed by atoms with van der Waals surface area (Å²) in [6, 6.07) is 11.4. The molecule has 0 radical (unpaired) electrons. The molecule has 0 aliphatic carbocycles. The molecule has 2 unspecified atom stereocenters. The predicted octanol–water partition coefficient (Wildman–Crippen LogP) is 3.96. The molecule has 6 nitrogen and oxygen atoms in total. The van der Waals surface area contributed by atoms with Crippen LogP contribution in [0.2, 0.25) is 15.1 Å². The molecule has 2 aromatic carbocycles. The van der Waals surface area contributed by atoms with Crippen LogP contribution in [0.3, 0.4) is 0 Å². The van der Waals surface area contributed by atoms with Crippen LogP contribution >= 0.6 is 34.8 Å². The average Bonchev–Trinajstić information content (AvgIpc) is 3.16. The third-order valence-electron chi connectivity index (χ3n) is 6.19. The Hall–Kier alpha value is -1.83. The molecule has 1 N–H and O–H groups in total. The van der Waals surface area contributed by atoms with Gasteiger partial charge >= 0.3 is 0 Å². The van der Waals surface area contributed by atoms with Crippen LogP contribution < -0.4 is 9.80 Å². The summed E-state index contributed by atoms with van der Waals surface area (Å²) in [5.41, 5.74) is 1.77. The maximum absolute atomic E-state index is 10.9. The molecule has 0 saturated carbocycles. The Morgan fingerprint density at radius 2 is 1.71 bits per heavy atom. The lowest BCUT2D eigenvalue weighted by Gasteiger charge is -2.40. The summed E-state index contributed by atoms with van der Waals surface area (Å²) < 4.78 is 0. The molecule has 2 aliphatic heterocycles. The molecular formula is C22H22Cl3N5O. The van der Waals surface area contributed by atoms with Crippen molar-refractivity contribution in [3.8, 4) is 0 Å². The van der Waals surface area contributed by atoms with E-state index in [2.05, 4.69) is 24.7 Å². The lowest BCUT2D eigenvalue weighted by Crippen LogP contribution is -2.53. The Labute approximate surface area is 196 Å². The Balaban J connectivity index is 1.29. The standard InChI is InChI=1S/C22H22Cl3N5O/c23-14-4-5-15-17(10-14)26-13-27-22(15)30-11-19(20(31)12-30)29-8-6-28(7-9-29)18-3-1-2-16(24)21(18)25/h1-5,10,13,19-20,31H,6-9,11-12H2. The summed E-state index contributed by atoms with van der Waals surface area (Å²) in [7, 11) is 0. The lowest BCUT2D eigenvalue weighted by molar-refractivity contribution is 0.0793. The largest absolute Gasteiger partial charge is 0.390 e. The molecule has 5 rings (SSSR count). The van der Waals surface area contributed by atoms with Gasteiger partial charge in [-0.2, -0.15) is 0 Å². The zero-order valence-corrected chi connectivity index (χ0v) is 19.0. The van der Waals surface area contributed by atoms with Gasteiger partial charge in [-0.1, -0.05) is 40.9 Å². The number of hydrogen-bond acceptors (Lipinski definition) is 6. The minimum atomic E-state index is -0.446. The molecule has 3 aromatic rings. The van der Waals surface area contributed by atoms with E-state index < -0.39 is 6.10 Å². The molecule has 2 aliphatic rings. The summed E-state index contributed by atoms with van der Waals surface area (Å²) in [6.45, 7) is 4.61.